The summed E-state index contributed by atoms with van der Waals surface area (Å²) in [5.41, 5.74) is 6.06. The van der Waals surface area contributed by atoms with E-state index in [-0.39, 0.29) is 11.9 Å². The summed E-state index contributed by atoms with van der Waals surface area (Å²) >= 11 is 0. The van der Waals surface area contributed by atoms with Gasteiger partial charge in [0.25, 0.3) is 0 Å². The third kappa shape index (κ3) is 3.92. The zero-order chi connectivity index (χ0) is 19.7. The molecule has 2 aliphatic rings. The van der Waals surface area contributed by atoms with E-state index in [4.69, 9.17) is 4.74 Å². The number of hydrogen-bond donors (Lipinski definition) is 1. The summed E-state index contributed by atoms with van der Waals surface area (Å²) in [6.45, 7) is 10.4. The van der Waals surface area contributed by atoms with Gasteiger partial charge >= 0.3 is 6.03 Å². The van der Waals surface area contributed by atoms with Crippen LogP contribution in [0.15, 0.2) is 24.3 Å². The van der Waals surface area contributed by atoms with Gasteiger partial charge in [0.15, 0.2) is 0 Å². The Kier molecular flexibility index (Phi) is 5.40. The first-order valence-electron chi connectivity index (χ1n) is 10.2. The molecule has 3 heterocycles. The molecule has 0 bridgehead atoms. The fourth-order valence-corrected chi connectivity index (χ4v) is 4.33. The number of hydrogen-bond acceptors (Lipinski definition) is 3. The van der Waals surface area contributed by atoms with Crippen LogP contribution in [0.3, 0.4) is 0 Å². The number of H-pyrrole nitrogens is 1. The van der Waals surface area contributed by atoms with Crippen molar-refractivity contribution >= 4 is 6.03 Å². The van der Waals surface area contributed by atoms with E-state index >= 15 is 0 Å². The van der Waals surface area contributed by atoms with Crippen LogP contribution in [-0.4, -0.2) is 65.4 Å². The van der Waals surface area contributed by atoms with Gasteiger partial charge in [0.2, 0.25) is 0 Å². The number of carbonyl (C=O) groups excluding carboxylic acids is 1. The lowest BCUT2D eigenvalue weighted by Crippen LogP contribution is -2.52. The van der Waals surface area contributed by atoms with E-state index in [2.05, 4.69) is 48.3 Å². The molecule has 6 nitrogen and oxygen atoms in total. The number of nitrogens with zero attached hydrogens (tertiary/aromatic N) is 3. The number of rotatable bonds is 2. The quantitative estimate of drug-likeness (QED) is 0.866. The van der Waals surface area contributed by atoms with Crippen molar-refractivity contribution < 1.29 is 9.53 Å². The lowest BCUT2D eigenvalue weighted by atomic mass is 9.82. The standard InChI is InChI=1S/C22H30N4O2/c1-15-4-5-18(10-16(15)2)19-12-20(21-11-17(3)23-24-21)14-26(13-19)22(27)25-6-8-28-9-7-25/h4-5,10-11,19-20H,6-9,12-14H2,1-3H3,(H,23,24). The minimum absolute atomic E-state index is 0.133. The molecule has 6 heteroatoms. The molecular formula is C22H30N4O2. The van der Waals surface area contributed by atoms with Crippen molar-refractivity contribution in [1.82, 2.24) is 20.0 Å². The number of nitrogens with one attached hydrogen (secondary N) is 1. The highest BCUT2D eigenvalue weighted by Gasteiger charge is 2.35. The summed E-state index contributed by atoms with van der Waals surface area (Å²) in [5.74, 6) is 0.565. The molecule has 0 spiro atoms. The Morgan fingerprint density at radius 1 is 1.04 bits per heavy atom. The van der Waals surface area contributed by atoms with Crippen LogP contribution in [0.1, 0.15) is 46.3 Å². The van der Waals surface area contributed by atoms with Crippen LogP contribution in [0.2, 0.25) is 0 Å². The van der Waals surface area contributed by atoms with Crippen molar-refractivity contribution in [3.8, 4) is 0 Å². The van der Waals surface area contributed by atoms with Gasteiger partial charge in [-0.2, -0.15) is 5.10 Å². The highest BCUT2D eigenvalue weighted by Crippen LogP contribution is 2.36. The molecule has 2 fully saturated rings. The first kappa shape index (κ1) is 19.0. The molecule has 2 atom stereocenters. The van der Waals surface area contributed by atoms with Crippen LogP contribution in [0, 0.1) is 20.8 Å². The van der Waals surface area contributed by atoms with Crippen LogP contribution in [-0.2, 0) is 4.74 Å². The van der Waals surface area contributed by atoms with Crippen LogP contribution in [0.25, 0.3) is 0 Å². The second-order valence-corrected chi connectivity index (χ2v) is 8.24. The van der Waals surface area contributed by atoms with Gasteiger partial charge in [0.05, 0.1) is 18.9 Å². The fraction of sp³-hybridized carbons (Fsp3) is 0.545. The number of amides is 2. The normalized spacial score (nSPS) is 23.1. The minimum atomic E-state index is 0.133. The van der Waals surface area contributed by atoms with Gasteiger partial charge in [-0.3, -0.25) is 5.10 Å². The summed E-state index contributed by atoms with van der Waals surface area (Å²) in [4.78, 5) is 17.2. The van der Waals surface area contributed by atoms with E-state index in [0.717, 1.165) is 30.9 Å². The van der Waals surface area contributed by atoms with Gasteiger partial charge in [0, 0.05) is 43.7 Å². The van der Waals surface area contributed by atoms with E-state index in [9.17, 15) is 4.79 Å². The monoisotopic (exact) mass is 382 g/mol. The second-order valence-electron chi connectivity index (χ2n) is 8.24. The lowest BCUT2D eigenvalue weighted by molar-refractivity contribution is 0.0398. The molecule has 0 radical (unpaired) electrons. The van der Waals surface area contributed by atoms with Crippen LogP contribution in [0.5, 0.6) is 0 Å². The Hall–Kier alpha value is -2.34. The molecule has 1 N–H and O–H groups in total. The number of aromatic amines is 1. The zero-order valence-electron chi connectivity index (χ0n) is 17.1. The zero-order valence-corrected chi connectivity index (χ0v) is 17.1. The third-order valence-corrected chi connectivity index (χ3v) is 6.15. The van der Waals surface area contributed by atoms with Crippen molar-refractivity contribution in [3.05, 3.63) is 52.3 Å². The lowest BCUT2D eigenvalue weighted by Gasteiger charge is -2.40. The predicted molar refractivity (Wildman–Crippen MR) is 109 cm³/mol. The van der Waals surface area contributed by atoms with Gasteiger partial charge in [0.1, 0.15) is 0 Å². The number of likely N-dealkylation sites (tertiary alicyclic amines) is 1. The molecule has 28 heavy (non-hydrogen) atoms. The van der Waals surface area contributed by atoms with Gasteiger partial charge in [-0.25, -0.2) is 4.79 Å². The Bertz CT molecular complexity index is 841. The molecule has 2 unspecified atom stereocenters. The third-order valence-electron chi connectivity index (χ3n) is 6.15. The van der Waals surface area contributed by atoms with Gasteiger partial charge in [-0.1, -0.05) is 18.2 Å². The van der Waals surface area contributed by atoms with E-state index in [0.29, 0.717) is 32.2 Å². The van der Waals surface area contributed by atoms with Gasteiger partial charge in [-0.15, -0.1) is 0 Å². The smallest absolute Gasteiger partial charge is 0.320 e. The number of ether oxygens (including phenoxy) is 1. The number of aromatic nitrogens is 2. The minimum Gasteiger partial charge on any atom is -0.378 e. The Balaban J connectivity index is 1.60. The van der Waals surface area contributed by atoms with E-state index in [1.807, 2.05) is 16.7 Å². The van der Waals surface area contributed by atoms with Crippen molar-refractivity contribution in [2.75, 3.05) is 39.4 Å². The Labute approximate surface area is 166 Å². The summed E-state index contributed by atoms with van der Waals surface area (Å²) in [5, 5.41) is 7.57. The molecule has 1 aromatic carbocycles. The predicted octanol–water partition coefficient (Wildman–Crippen LogP) is 3.36. The maximum absolute atomic E-state index is 13.2. The highest BCUT2D eigenvalue weighted by atomic mass is 16.5. The summed E-state index contributed by atoms with van der Waals surface area (Å²) in [7, 11) is 0. The number of piperidine rings is 1. The van der Waals surface area contributed by atoms with Crippen LogP contribution < -0.4 is 0 Å². The van der Waals surface area contributed by atoms with Crippen molar-refractivity contribution in [1.29, 1.82) is 0 Å². The average molecular weight is 383 g/mol. The summed E-state index contributed by atoms with van der Waals surface area (Å²) in [6.07, 6.45) is 1.01. The highest BCUT2D eigenvalue weighted by molar-refractivity contribution is 5.75. The van der Waals surface area contributed by atoms with E-state index < -0.39 is 0 Å². The molecule has 150 valence electrons. The molecule has 2 saturated heterocycles. The molecule has 4 rings (SSSR count). The number of urea groups is 1. The van der Waals surface area contributed by atoms with Crippen LogP contribution >= 0.6 is 0 Å². The van der Waals surface area contributed by atoms with Crippen LogP contribution in [0.4, 0.5) is 4.79 Å². The number of morpholine rings is 1. The second kappa shape index (κ2) is 7.95. The Morgan fingerprint density at radius 3 is 2.46 bits per heavy atom. The maximum Gasteiger partial charge on any atom is 0.320 e. The van der Waals surface area contributed by atoms with Crippen molar-refractivity contribution in [2.45, 2.75) is 39.0 Å². The van der Waals surface area contributed by atoms with E-state index in [1.54, 1.807) is 0 Å². The molecular weight excluding hydrogens is 352 g/mol. The number of aryl methyl sites for hydroxylation is 3. The first-order valence-corrected chi connectivity index (χ1v) is 10.2. The van der Waals surface area contributed by atoms with Gasteiger partial charge < -0.3 is 14.5 Å². The molecule has 0 aliphatic carbocycles. The summed E-state index contributed by atoms with van der Waals surface area (Å²) < 4.78 is 5.42. The number of carbonyl (C=O) groups is 1. The summed E-state index contributed by atoms with van der Waals surface area (Å²) in [6, 6.07) is 8.96. The molecule has 1 aromatic heterocycles. The molecule has 0 saturated carbocycles. The largest absolute Gasteiger partial charge is 0.378 e. The van der Waals surface area contributed by atoms with Gasteiger partial charge in [-0.05, 0) is 49.9 Å². The first-order chi connectivity index (χ1) is 13.5. The maximum atomic E-state index is 13.2. The molecule has 2 aliphatic heterocycles. The topological polar surface area (TPSA) is 61.5 Å². The SMILES string of the molecule is Cc1cc(C2CC(c3ccc(C)c(C)c3)CN(C(=O)N3CCOCC3)C2)n[nH]1. The average Bonchev–Trinajstić information content (AvgIpc) is 3.16. The van der Waals surface area contributed by atoms with Crippen molar-refractivity contribution in [3.63, 3.8) is 0 Å². The fourth-order valence-electron chi connectivity index (χ4n) is 4.33. The van der Waals surface area contributed by atoms with Crippen molar-refractivity contribution in [2.24, 2.45) is 0 Å². The van der Waals surface area contributed by atoms with E-state index in [1.165, 1.54) is 16.7 Å². The molecule has 2 amide bonds. The number of benzene rings is 1. The Morgan fingerprint density at radius 2 is 1.79 bits per heavy atom. The molecule has 2 aromatic rings.